The van der Waals surface area contributed by atoms with Crippen LogP contribution >= 0.6 is 44.5 Å². The zero-order valence-corrected chi connectivity index (χ0v) is 9.56. The van der Waals surface area contributed by atoms with Crippen LogP contribution in [-0.4, -0.2) is 4.98 Å². The minimum absolute atomic E-state index is 0.667. The number of rotatable bonds is 1. The van der Waals surface area contributed by atoms with Crippen LogP contribution in [0.3, 0.4) is 0 Å². The van der Waals surface area contributed by atoms with Crippen molar-refractivity contribution in [2.24, 2.45) is 0 Å². The molecule has 0 aliphatic rings. The molecule has 0 spiro atoms. The third-order valence-corrected chi connectivity index (χ3v) is 4.46. The SMILES string of the molecule is S=c1nc(-c2ccccc2Cl)ss1. The number of halogens is 1. The van der Waals surface area contributed by atoms with Gasteiger partial charge in [0.15, 0.2) is 3.95 Å². The standard InChI is InChI=1S/C8H4ClNS3/c9-6-4-2-1-3-5(6)7-10-8(11)13-12-7/h1-4H. The molecule has 1 nitrogen and oxygen atoms in total. The van der Waals surface area contributed by atoms with Gasteiger partial charge in [-0.1, -0.05) is 40.1 Å². The normalized spacial score (nSPS) is 10.2. The molecule has 13 heavy (non-hydrogen) atoms. The Labute approximate surface area is 93.0 Å². The van der Waals surface area contributed by atoms with Crippen LogP contribution in [0.4, 0.5) is 0 Å². The topological polar surface area (TPSA) is 12.9 Å². The lowest BCUT2D eigenvalue weighted by atomic mass is 10.2. The van der Waals surface area contributed by atoms with Gasteiger partial charge in [0, 0.05) is 5.56 Å². The molecule has 1 aromatic heterocycles. The highest BCUT2D eigenvalue weighted by atomic mass is 35.5. The van der Waals surface area contributed by atoms with Crippen molar-refractivity contribution in [3.8, 4) is 10.6 Å². The Balaban J connectivity index is 2.58. The van der Waals surface area contributed by atoms with Crippen LogP contribution in [0, 0.1) is 3.95 Å². The van der Waals surface area contributed by atoms with Gasteiger partial charge in [-0.3, -0.25) is 0 Å². The lowest BCUT2D eigenvalue weighted by Gasteiger charge is -1.96. The largest absolute Gasteiger partial charge is 0.214 e. The summed E-state index contributed by atoms with van der Waals surface area (Å²) in [6, 6.07) is 7.64. The molecule has 1 heterocycles. The first-order valence-corrected chi connectivity index (χ1v) is 6.43. The zero-order valence-electron chi connectivity index (χ0n) is 6.36. The number of aromatic nitrogens is 1. The molecule has 0 radical (unpaired) electrons. The average Bonchev–Trinajstić information content (AvgIpc) is 2.53. The van der Waals surface area contributed by atoms with Crippen molar-refractivity contribution in [2.45, 2.75) is 0 Å². The summed E-state index contributed by atoms with van der Waals surface area (Å²) in [5.74, 6) is 0. The average molecular weight is 246 g/mol. The van der Waals surface area contributed by atoms with Gasteiger partial charge in [0.2, 0.25) is 0 Å². The summed E-state index contributed by atoms with van der Waals surface area (Å²) in [5.41, 5.74) is 0.960. The fraction of sp³-hybridized carbons (Fsp3) is 0. The third kappa shape index (κ3) is 1.96. The Morgan fingerprint density at radius 2 is 2.00 bits per heavy atom. The number of benzene rings is 1. The van der Waals surface area contributed by atoms with Crippen molar-refractivity contribution < 1.29 is 0 Å². The van der Waals surface area contributed by atoms with E-state index in [4.69, 9.17) is 23.8 Å². The van der Waals surface area contributed by atoms with Crippen molar-refractivity contribution in [3.63, 3.8) is 0 Å². The summed E-state index contributed by atoms with van der Waals surface area (Å²) in [6.45, 7) is 0. The first-order chi connectivity index (χ1) is 6.27. The van der Waals surface area contributed by atoms with Crippen molar-refractivity contribution in [1.82, 2.24) is 4.98 Å². The molecule has 0 N–H and O–H groups in total. The summed E-state index contributed by atoms with van der Waals surface area (Å²) in [6.07, 6.45) is 0. The molecule has 5 heteroatoms. The minimum Gasteiger partial charge on any atom is -0.214 e. The molecule has 0 aliphatic carbocycles. The molecule has 0 amide bonds. The van der Waals surface area contributed by atoms with Crippen LogP contribution < -0.4 is 0 Å². The minimum atomic E-state index is 0.667. The molecule has 2 aromatic rings. The summed E-state index contributed by atoms with van der Waals surface area (Å²) >= 11 is 11.0. The quantitative estimate of drug-likeness (QED) is 0.550. The molecule has 0 atom stereocenters. The second kappa shape index (κ2) is 3.84. The van der Waals surface area contributed by atoms with E-state index in [0.717, 1.165) is 15.6 Å². The summed E-state index contributed by atoms with van der Waals surface area (Å²) in [7, 11) is 3.05. The van der Waals surface area contributed by atoms with Crippen molar-refractivity contribution >= 4 is 44.5 Å². The van der Waals surface area contributed by atoms with Crippen LogP contribution in [0.15, 0.2) is 24.3 Å². The van der Waals surface area contributed by atoms with Crippen LogP contribution in [-0.2, 0) is 0 Å². The monoisotopic (exact) mass is 245 g/mol. The Bertz CT molecular complexity index is 474. The molecule has 0 fully saturated rings. The maximum absolute atomic E-state index is 6.01. The van der Waals surface area contributed by atoms with Gasteiger partial charge in [0.25, 0.3) is 0 Å². The molecule has 0 bridgehead atoms. The van der Waals surface area contributed by atoms with Crippen LogP contribution in [0.5, 0.6) is 0 Å². The molecule has 66 valence electrons. The fourth-order valence-electron chi connectivity index (χ4n) is 0.935. The Hall–Kier alpha value is -0.290. The number of nitrogens with zero attached hydrogens (tertiary/aromatic N) is 1. The van der Waals surface area contributed by atoms with E-state index in [1.165, 1.54) is 10.3 Å². The Kier molecular flexibility index (Phi) is 2.74. The van der Waals surface area contributed by atoms with E-state index in [0.29, 0.717) is 3.95 Å². The molecule has 1 aromatic carbocycles. The van der Waals surface area contributed by atoms with Crippen LogP contribution in [0.2, 0.25) is 5.02 Å². The second-order valence-electron chi connectivity index (χ2n) is 2.33. The van der Waals surface area contributed by atoms with E-state index < -0.39 is 0 Å². The molecule has 0 saturated heterocycles. The summed E-state index contributed by atoms with van der Waals surface area (Å²) in [4.78, 5) is 4.21. The lowest BCUT2D eigenvalue weighted by Crippen LogP contribution is -1.76. The first-order valence-electron chi connectivity index (χ1n) is 3.49. The molecule has 0 unspecified atom stereocenters. The number of hydrogen-bond donors (Lipinski definition) is 0. The first kappa shape index (κ1) is 9.27. The summed E-state index contributed by atoms with van der Waals surface area (Å²) < 4.78 is 0.667. The summed E-state index contributed by atoms with van der Waals surface area (Å²) in [5, 5.41) is 1.62. The zero-order chi connectivity index (χ0) is 9.26. The molecular formula is C8H4ClNS3. The van der Waals surface area contributed by atoms with Gasteiger partial charge in [-0.2, -0.15) is 0 Å². The van der Waals surface area contributed by atoms with E-state index in [-0.39, 0.29) is 0 Å². The van der Waals surface area contributed by atoms with E-state index in [2.05, 4.69) is 4.98 Å². The van der Waals surface area contributed by atoms with E-state index in [1.54, 1.807) is 10.3 Å². The van der Waals surface area contributed by atoms with Gasteiger partial charge >= 0.3 is 0 Å². The van der Waals surface area contributed by atoms with Crippen molar-refractivity contribution in [1.29, 1.82) is 0 Å². The van der Waals surface area contributed by atoms with E-state index >= 15 is 0 Å². The predicted molar refractivity (Wildman–Crippen MR) is 61.3 cm³/mol. The maximum Gasteiger partial charge on any atom is 0.191 e. The fourth-order valence-corrected chi connectivity index (χ4v) is 3.35. The van der Waals surface area contributed by atoms with Gasteiger partial charge in [-0.05, 0) is 28.6 Å². The molecular weight excluding hydrogens is 242 g/mol. The van der Waals surface area contributed by atoms with Crippen LogP contribution in [0.25, 0.3) is 10.6 Å². The van der Waals surface area contributed by atoms with Gasteiger partial charge in [0.1, 0.15) is 5.01 Å². The Morgan fingerprint density at radius 3 is 2.62 bits per heavy atom. The smallest absolute Gasteiger partial charge is 0.191 e. The second-order valence-corrected chi connectivity index (χ2v) is 5.49. The third-order valence-electron chi connectivity index (χ3n) is 1.49. The van der Waals surface area contributed by atoms with Gasteiger partial charge in [-0.15, -0.1) is 0 Å². The van der Waals surface area contributed by atoms with Crippen LogP contribution in [0.1, 0.15) is 0 Å². The highest BCUT2D eigenvalue weighted by Crippen LogP contribution is 2.31. The number of hydrogen-bond acceptors (Lipinski definition) is 4. The Morgan fingerprint density at radius 1 is 1.23 bits per heavy atom. The highest BCUT2D eigenvalue weighted by Gasteiger charge is 2.05. The van der Waals surface area contributed by atoms with Gasteiger partial charge in [0.05, 0.1) is 5.02 Å². The lowest BCUT2D eigenvalue weighted by molar-refractivity contribution is 1.41. The van der Waals surface area contributed by atoms with E-state index in [9.17, 15) is 0 Å². The van der Waals surface area contributed by atoms with Gasteiger partial charge in [-0.25, -0.2) is 4.98 Å². The molecule has 0 saturated carbocycles. The molecule has 2 rings (SSSR count). The molecule has 0 aliphatic heterocycles. The van der Waals surface area contributed by atoms with Gasteiger partial charge < -0.3 is 0 Å². The van der Waals surface area contributed by atoms with Crippen molar-refractivity contribution in [2.75, 3.05) is 0 Å². The highest BCUT2D eigenvalue weighted by molar-refractivity contribution is 7.79. The predicted octanol–water partition coefficient (Wildman–Crippen LogP) is 4.25. The maximum atomic E-state index is 6.01. The van der Waals surface area contributed by atoms with Crippen molar-refractivity contribution in [3.05, 3.63) is 33.2 Å². The van der Waals surface area contributed by atoms with E-state index in [1.807, 2.05) is 24.3 Å².